The molecule has 0 bridgehead atoms. The number of nitrogens with zero attached hydrogens (tertiary/aromatic N) is 6. The maximum Gasteiger partial charge on any atom is 0.290 e. The molecule has 0 radical (unpaired) electrons. The predicted molar refractivity (Wildman–Crippen MR) is 177 cm³/mol. The SMILES string of the molecule is CN1CCC(c2ccc(Nc3cc(-c4cccc(-n5ncc6cc(C(C)(C)C)cc(F)c6c5=O)c4CO)nn(C)c3=O)nc2)CC1. The Bertz CT molecular complexity index is 2040. The highest BCUT2D eigenvalue weighted by atomic mass is 19.1. The zero-order chi connectivity index (χ0) is 32.7. The van der Waals surface area contributed by atoms with E-state index in [0.29, 0.717) is 33.9 Å². The summed E-state index contributed by atoms with van der Waals surface area (Å²) >= 11 is 0. The maximum absolute atomic E-state index is 15.4. The second kappa shape index (κ2) is 12.2. The molecule has 2 N–H and O–H groups in total. The highest BCUT2D eigenvalue weighted by Gasteiger charge is 2.22. The lowest BCUT2D eigenvalue weighted by molar-refractivity contribution is 0.255. The van der Waals surface area contributed by atoms with Gasteiger partial charge in [0.2, 0.25) is 0 Å². The highest BCUT2D eigenvalue weighted by molar-refractivity contribution is 5.83. The van der Waals surface area contributed by atoms with Gasteiger partial charge in [0, 0.05) is 29.8 Å². The minimum Gasteiger partial charge on any atom is -0.392 e. The van der Waals surface area contributed by atoms with Crippen LogP contribution in [0.3, 0.4) is 0 Å². The molecule has 1 fully saturated rings. The first-order chi connectivity index (χ1) is 21.9. The fourth-order valence-corrected chi connectivity index (χ4v) is 6.05. The molecule has 6 rings (SSSR count). The molecule has 2 aromatic carbocycles. The third kappa shape index (κ3) is 5.95. The van der Waals surface area contributed by atoms with Crippen LogP contribution in [-0.4, -0.2) is 54.7 Å². The molecular weight excluding hydrogens is 585 g/mol. The Labute approximate surface area is 266 Å². The van der Waals surface area contributed by atoms with Crippen LogP contribution in [-0.2, 0) is 19.1 Å². The van der Waals surface area contributed by atoms with Crippen molar-refractivity contribution in [3.8, 4) is 16.9 Å². The first-order valence-corrected chi connectivity index (χ1v) is 15.4. The Morgan fingerprint density at radius 1 is 1.00 bits per heavy atom. The summed E-state index contributed by atoms with van der Waals surface area (Å²) in [6.07, 6.45) is 5.48. The first kappa shape index (κ1) is 31.3. The van der Waals surface area contributed by atoms with Crippen molar-refractivity contribution in [3.63, 3.8) is 0 Å². The second-order valence-corrected chi connectivity index (χ2v) is 13.0. The van der Waals surface area contributed by atoms with Gasteiger partial charge in [-0.3, -0.25) is 9.59 Å². The van der Waals surface area contributed by atoms with E-state index in [0.717, 1.165) is 36.2 Å². The van der Waals surface area contributed by atoms with Crippen molar-refractivity contribution in [2.24, 2.45) is 7.05 Å². The van der Waals surface area contributed by atoms with Crippen molar-refractivity contribution in [2.45, 2.75) is 51.6 Å². The molecular formula is C35H38FN7O3. The fourth-order valence-electron chi connectivity index (χ4n) is 6.05. The number of anilines is 2. The Hall–Kier alpha value is -4.74. The zero-order valence-electron chi connectivity index (χ0n) is 26.7. The van der Waals surface area contributed by atoms with E-state index in [1.54, 1.807) is 37.4 Å². The molecule has 4 heterocycles. The number of hydrogen-bond donors (Lipinski definition) is 2. The molecule has 1 aliphatic heterocycles. The van der Waals surface area contributed by atoms with Gasteiger partial charge < -0.3 is 15.3 Å². The van der Waals surface area contributed by atoms with E-state index in [-0.39, 0.29) is 27.7 Å². The van der Waals surface area contributed by atoms with Crippen molar-refractivity contribution >= 4 is 22.3 Å². The molecule has 0 aliphatic carbocycles. The summed E-state index contributed by atoms with van der Waals surface area (Å²) < 4.78 is 17.7. The summed E-state index contributed by atoms with van der Waals surface area (Å²) in [4.78, 5) is 33.6. The molecule has 0 unspecified atom stereocenters. The average molecular weight is 624 g/mol. The van der Waals surface area contributed by atoms with Crippen LogP contribution in [0, 0.1) is 5.82 Å². The van der Waals surface area contributed by atoms with Gasteiger partial charge in [-0.2, -0.15) is 14.9 Å². The highest BCUT2D eigenvalue weighted by Crippen LogP contribution is 2.31. The standard InChI is InChI=1S/C35H38FN7O3/c1-35(2,3)24-15-23-19-38-43(34(46)32(23)27(36)16-24)30-8-6-7-25(26(30)20-44)28-17-29(33(45)42(5)40-28)39-31-10-9-22(18-37-31)21-11-13-41(4)14-12-21/h6-10,15-19,21,44H,11-14,20H2,1-5H3,(H,37,39). The van der Waals surface area contributed by atoms with Crippen LogP contribution >= 0.6 is 0 Å². The van der Waals surface area contributed by atoms with Gasteiger partial charge >= 0.3 is 0 Å². The Balaban J connectivity index is 1.36. The molecule has 0 amide bonds. The number of aryl methyl sites for hydroxylation is 1. The summed E-state index contributed by atoms with van der Waals surface area (Å²) in [5.74, 6) is 0.351. The number of benzene rings is 2. The number of hydrogen-bond acceptors (Lipinski definition) is 8. The van der Waals surface area contributed by atoms with E-state index < -0.39 is 18.0 Å². The van der Waals surface area contributed by atoms with Gasteiger partial charge in [-0.15, -0.1) is 0 Å². The molecule has 0 atom stereocenters. The molecule has 0 spiro atoms. The van der Waals surface area contributed by atoms with Crippen molar-refractivity contribution in [2.75, 3.05) is 25.5 Å². The van der Waals surface area contributed by atoms with E-state index in [2.05, 4.69) is 32.4 Å². The monoisotopic (exact) mass is 623 g/mol. The smallest absolute Gasteiger partial charge is 0.290 e. The third-order valence-corrected chi connectivity index (χ3v) is 8.82. The number of halogens is 1. The van der Waals surface area contributed by atoms with Gasteiger partial charge in [0.25, 0.3) is 11.1 Å². The van der Waals surface area contributed by atoms with E-state index in [1.807, 2.05) is 39.1 Å². The summed E-state index contributed by atoms with van der Waals surface area (Å²) in [7, 11) is 3.67. The van der Waals surface area contributed by atoms with Crippen molar-refractivity contribution in [1.29, 1.82) is 0 Å². The van der Waals surface area contributed by atoms with E-state index in [4.69, 9.17) is 0 Å². The Morgan fingerprint density at radius 2 is 1.76 bits per heavy atom. The number of pyridine rings is 1. The van der Waals surface area contributed by atoms with Gasteiger partial charge in [0.05, 0.1) is 29.6 Å². The van der Waals surface area contributed by atoms with Crippen LogP contribution in [0.4, 0.5) is 15.9 Å². The molecule has 238 valence electrons. The largest absolute Gasteiger partial charge is 0.392 e. The number of likely N-dealkylation sites (tertiary alicyclic amines) is 1. The number of nitrogens with one attached hydrogen (secondary N) is 1. The molecule has 1 aliphatic rings. The van der Waals surface area contributed by atoms with Gasteiger partial charge in [-0.1, -0.05) is 39.0 Å². The summed E-state index contributed by atoms with van der Waals surface area (Å²) in [6, 6.07) is 13.7. The van der Waals surface area contributed by atoms with Gasteiger partial charge in [0.15, 0.2) is 0 Å². The van der Waals surface area contributed by atoms with E-state index >= 15 is 4.39 Å². The zero-order valence-corrected chi connectivity index (χ0v) is 26.7. The summed E-state index contributed by atoms with van der Waals surface area (Å²) in [5, 5.41) is 22.8. The number of aliphatic hydroxyl groups excluding tert-OH is 1. The van der Waals surface area contributed by atoms with Crippen LogP contribution in [0.15, 0.2) is 70.5 Å². The molecule has 11 heteroatoms. The topological polar surface area (TPSA) is 118 Å². The third-order valence-electron chi connectivity index (χ3n) is 8.82. The quantitative estimate of drug-likeness (QED) is 0.271. The number of aliphatic hydroxyl groups is 1. The number of aromatic nitrogens is 5. The normalized spacial score (nSPS) is 14.6. The minimum atomic E-state index is -0.646. The van der Waals surface area contributed by atoms with Crippen LogP contribution in [0.1, 0.15) is 56.2 Å². The Morgan fingerprint density at radius 3 is 2.43 bits per heavy atom. The van der Waals surface area contributed by atoms with Crippen LogP contribution in [0.25, 0.3) is 27.7 Å². The van der Waals surface area contributed by atoms with E-state index in [1.165, 1.54) is 22.5 Å². The minimum absolute atomic E-state index is 0.0849. The lowest BCUT2D eigenvalue weighted by Crippen LogP contribution is -2.29. The second-order valence-electron chi connectivity index (χ2n) is 13.0. The summed E-state index contributed by atoms with van der Waals surface area (Å²) in [6.45, 7) is 7.56. The lowest BCUT2D eigenvalue weighted by atomic mass is 9.86. The van der Waals surface area contributed by atoms with Gasteiger partial charge in [-0.05, 0) is 85.8 Å². The first-order valence-electron chi connectivity index (χ1n) is 15.4. The molecule has 0 saturated carbocycles. The average Bonchev–Trinajstić information content (AvgIpc) is 3.03. The van der Waals surface area contributed by atoms with Crippen molar-refractivity contribution in [1.82, 2.24) is 29.4 Å². The van der Waals surface area contributed by atoms with Crippen LogP contribution in [0.2, 0.25) is 0 Å². The number of piperidine rings is 1. The lowest BCUT2D eigenvalue weighted by Gasteiger charge is -2.29. The summed E-state index contributed by atoms with van der Waals surface area (Å²) in [5.41, 5.74) is 2.36. The Kier molecular flexibility index (Phi) is 8.30. The number of fused-ring (bicyclic) bond motifs is 1. The molecule has 46 heavy (non-hydrogen) atoms. The molecule has 1 saturated heterocycles. The van der Waals surface area contributed by atoms with Crippen molar-refractivity contribution < 1.29 is 9.50 Å². The van der Waals surface area contributed by atoms with Gasteiger partial charge in [0.1, 0.15) is 17.3 Å². The van der Waals surface area contributed by atoms with Crippen LogP contribution in [0.5, 0.6) is 0 Å². The fraction of sp³-hybridized carbons (Fsp3) is 0.343. The molecule has 5 aromatic rings. The molecule has 3 aromatic heterocycles. The van der Waals surface area contributed by atoms with E-state index in [9.17, 15) is 14.7 Å². The predicted octanol–water partition coefficient (Wildman–Crippen LogP) is 5.02. The maximum atomic E-state index is 15.4. The van der Waals surface area contributed by atoms with Crippen molar-refractivity contribution in [3.05, 3.63) is 104 Å². The van der Waals surface area contributed by atoms with Crippen LogP contribution < -0.4 is 16.4 Å². The van der Waals surface area contributed by atoms with Gasteiger partial charge in [-0.25, -0.2) is 14.1 Å². The molecule has 10 nitrogen and oxygen atoms in total. The number of rotatable bonds is 6.